The van der Waals surface area contributed by atoms with Crippen LogP contribution in [-0.4, -0.2) is 59.1 Å². The highest BCUT2D eigenvalue weighted by molar-refractivity contribution is 6.02. The van der Waals surface area contributed by atoms with Crippen LogP contribution in [0.25, 0.3) is 0 Å². The third-order valence-electron chi connectivity index (χ3n) is 3.59. The first-order valence-electron chi connectivity index (χ1n) is 6.89. The molecule has 0 radical (unpaired) electrons. The van der Waals surface area contributed by atoms with Crippen molar-refractivity contribution in [2.45, 2.75) is 38.6 Å². The molecule has 0 aromatic rings. The van der Waals surface area contributed by atoms with Gasteiger partial charge in [-0.3, -0.25) is 29.0 Å². The van der Waals surface area contributed by atoms with Gasteiger partial charge in [-0.15, -0.1) is 0 Å². The molecule has 2 heterocycles. The zero-order chi connectivity index (χ0) is 14.7. The molecule has 0 aromatic carbocycles. The van der Waals surface area contributed by atoms with Crippen LogP contribution in [-0.2, 0) is 19.2 Å². The van der Waals surface area contributed by atoms with Crippen LogP contribution in [0.5, 0.6) is 0 Å². The summed E-state index contributed by atoms with van der Waals surface area (Å²) in [6, 6.07) is -0.0613. The molecule has 7 nitrogen and oxygen atoms in total. The van der Waals surface area contributed by atoms with Crippen molar-refractivity contribution in [1.29, 1.82) is 0 Å². The quantitative estimate of drug-likeness (QED) is 0.648. The van der Waals surface area contributed by atoms with E-state index in [9.17, 15) is 19.2 Å². The van der Waals surface area contributed by atoms with Crippen LogP contribution in [0.1, 0.15) is 32.6 Å². The van der Waals surface area contributed by atoms with Crippen LogP contribution >= 0.6 is 0 Å². The number of likely N-dealkylation sites (tertiary alicyclic amines) is 2. The summed E-state index contributed by atoms with van der Waals surface area (Å²) in [6.07, 6.45) is 1.18. The number of hydrogen-bond donors (Lipinski definition) is 1. The molecule has 2 aliphatic rings. The maximum absolute atomic E-state index is 11.5. The molecule has 2 rings (SSSR count). The van der Waals surface area contributed by atoms with Crippen molar-refractivity contribution in [3.63, 3.8) is 0 Å². The Morgan fingerprint density at radius 2 is 1.35 bits per heavy atom. The van der Waals surface area contributed by atoms with Gasteiger partial charge in [0.25, 0.3) is 0 Å². The third-order valence-corrected chi connectivity index (χ3v) is 3.59. The Bertz CT molecular complexity index is 417. The number of nitrogens with zero attached hydrogens (tertiary/aromatic N) is 2. The van der Waals surface area contributed by atoms with Gasteiger partial charge in [0.05, 0.1) is 0 Å². The van der Waals surface area contributed by atoms with Crippen LogP contribution in [0, 0.1) is 0 Å². The predicted octanol–water partition coefficient (Wildman–Crippen LogP) is -0.737. The van der Waals surface area contributed by atoms with Crippen molar-refractivity contribution in [1.82, 2.24) is 15.1 Å². The normalized spacial score (nSPS) is 21.2. The Labute approximate surface area is 117 Å². The Kier molecular flexibility index (Phi) is 4.49. The highest BCUT2D eigenvalue weighted by Gasteiger charge is 2.30. The minimum Gasteiger partial charge on any atom is -0.311 e. The van der Waals surface area contributed by atoms with Crippen LogP contribution < -0.4 is 5.32 Å². The van der Waals surface area contributed by atoms with Crippen molar-refractivity contribution in [2.24, 2.45) is 0 Å². The van der Waals surface area contributed by atoms with E-state index in [1.54, 1.807) is 0 Å². The van der Waals surface area contributed by atoms with Gasteiger partial charge < -0.3 is 5.32 Å². The SMILES string of the molecule is CC(CN1C(=O)CCC1=O)NCCN1C(=O)CCC1=O. The number of hydrogen-bond acceptors (Lipinski definition) is 5. The van der Waals surface area contributed by atoms with E-state index in [-0.39, 0.29) is 29.7 Å². The van der Waals surface area contributed by atoms with Gasteiger partial charge in [-0.2, -0.15) is 0 Å². The number of carbonyl (C=O) groups is 4. The van der Waals surface area contributed by atoms with Crippen molar-refractivity contribution in [3.8, 4) is 0 Å². The molecule has 0 aliphatic carbocycles. The number of nitrogens with one attached hydrogen (secondary N) is 1. The second-order valence-electron chi connectivity index (χ2n) is 5.19. The number of amides is 4. The highest BCUT2D eigenvalue weighted by Crippen LogP contribution is 2.12. The zero-order valence-electron chi connectivity index (χ0n) is 11.6. The molecule has 2 fully saturated rings. The predicted molar refractivity (Wildman–Crippen MR) is 69.4 cm³/mol. The summed E-state index contributed by atoms with van der Waals surface area (Å²) in [5.41, 5.74) is 0. The molecular weight excluding hydrogens is 262 g/mol. The number of rotatable bonds is 6. The molecule has 1 unspecified atom stereocenters. The minimum absolute atomic E-state index is 0.0613. The van der Waals surface area contributed by atoms with Crippen LogP contribution in [0.3, 0.4) is 0 Å². The summed E-state index contributed by atoms with van der Waals surface area (Å²) in [6.45, 7) is 3.00. The third kappa shape index (κ3) is 3.22. The summed E-state index contributed by atoms with van der Waals surface area (Å²) >= 11 is 0. The standard InChI is InChI=1S/C13H19N3O4/c1-9(8-16-12(19)4-5-13(16)20)14-6-7-15-10(17)2-3-11(15)18/h9,14H,2-8H2,1H3. The van der Waals surface area contributed by atoms with E-state index in [4.69, 9.17) is 0 Å². The number of carbonyl (C=O) groups excluding carboxylic acids is 4. The molecule has 0 spiro atoms. The smallest absolute Gasteiger partial charge is 0.229 e. The molecule has 1 N–H and O–H groups in total. The summed E-state index contributed by atoms with van der Waals surface area (Å²) in [4.78, 5) is 48.3. The molecule has 20 heavy (non-hydrogen) atoms. The van der Waals surface area contributed by atoms with E-state index >= 15 is 0 Å². The minimum atomic E-state index is -0.131. The van der Waals surface area contributed by atoms with Gasteiger partial charge in [-0.25, -0.2) is 0 Å². The van der Waals surface area contributed by atoms with Gasteiger partial charge in [0.15, 0.2) is 0 Å². The molecule has 4 amide bonds. The molecule has 0 bridgehead atoms. The lowest BCUT2D eigenvalue weighted by Crippen LogP contribution is -2.44. The molecule has 110 valence electrons. The second kappa shape index (κ2) is 6.13. The van der Waals surface area contributed by atoms with E-state index in [1.807, 2.05) is 6.92 Å². The fraction of sp³-hybridized carbons (Fsp3) is 0.692. The average molecular weight is 281 g/mol. The molecule has 0 saturated carbocycles. The van der Waals surface area contributed by atoms with Gasteiger partial charge in [-0.05, 0) is 6.92 Å². The fourth-order valence-electron chi connectivity index (χ4n) is 2.46. The Balaban J connectivity index is 1.71. The van der Waals surface area contributed by atoms with E-state index in [1.165, 1.54) is 9.80 Å². The Morgan fingerprint density at radius 1 is 0.900 bits per heavy atom. The molecule has 2 aliphatic heterocycles. The largest absolute Gasteiger partial charge is 0.311 e. The molecule has 2 saturated heterocycles. The summed E-state index contributed by atoms with van der Waals surface area (Å²) < 4.78 is 0. The maximum Gasteiger partial charge on any atom is 0.229 e. The first kappa shape index (κ1) is 14.6. The maximum atomic E-state index is 11.5. The van der Waals surface area contributed by atoms with Crippen LogP contribution in [0.15, 0.2) is 0 Å². The van der Waals surface area contributed by atoms with E-state index in [0.717, 1.165) is 0 Å². The van der Waals surface area contributed by atoms with Crippen LogP contribution in [0.4, 0.5) is 0 Å². The van der Waals surface area contributed by atoms with Gasteiger partial charge in [-0.1, -0.05) is 0 Å². The Morgan fingerprint density at radius 3 is 1.85 bits per heavy atom. The van der Waals surface area contributed by atoms with E-state index in [2.05, 4.69) is 5.32 Å². The fourth-order valence-corrected chi connectivity index (χ4v) is 2.46. The first-order chi connectivity index (χ1) is 9.49. The first-order valence-corrected chi connectivity index (χ1v) is 6.89. The summed E-state index contributed by atoms with van der Waals surface area (Å²) in [7, 11) is 0. The lowest BCUT2D eigenvalue weighted by molar-refractivity contribution is -0.139. The van der Waals surface area contributed by atoms with Crippen molar-refractivity contribution in [3.05, 3.63) is 0 Å². The lowest BCUT2D eigenvalue weighted by Gasteiger charge is -2.21. The van der Waals surface area contributed by atoms with Crippen molar-refractivity contribution >= 4 is 23.6 Å². The van der Waals surface area contributed by atoms with Gasteiger partial charge in [0.1, 0.15) is 0 Å². The molecule has 7 heteroatoms. The summed E-state index contributed by atoms with van der Waals surface area (Å²) in [5, 5.41) is 3.13. The molecule has 1 atom stereocenters. The van der Waals surface area contributed by atoms with E-state index in [0.29, 0.717) is 45.3 Å². The molecular formula is C13H19N3O4. The van der Waals surface area contributed by atoms with Gasteiger partial charge in [0.2, 0.25) is 23.6 Å². The lowest BCUT2D eigenvalue weighted by atomic mass is 10.3. The van der Waals surface area contributed by atoms with Gasteiger partial charge in [0, 0.05) is 51.4 Å². The average Bonchev–Trinajstić information content (AvgIpc) is 2.88. The monoisotopic (exact) mass is 281 g/mol. The Hall–Kier alpha value is -1.76. The van der Waals surface area contributed by atoms with Crippen molar-refractivity contribution < 1.29 is 19.2 Å². The van der Waals surface area contributed by atoms with Crippen LogP contribution in [0.2, 0.25) is 0 Å². The van der Waals surface area contributed by atoms with E-state index < -0.39 is 0 Å². The summed E-state index contributed by atoms with van der Waals surface area (Å²) in [5.74, 6) is -0.522. The highest BCUT2D eigenvalue weighted by atomic mass is 16.2. The number of imide groups is 2. The van der Waals surface area contributed by atoms with Gasteiger partial charge >= 0.3 is 0 Å². The van der Waals surface area contributed by atoms with Crippen molar-refractivity contribution in [2.75, 3.05) is 19.6 Å². The topological polar surface area (TPSA) is 86.8 Å². The molecule has 0 aromatic heterocycles. The second-order valence-corrected chi connectivity index (χ2v) is 5.19. The zero-order valence-corrected chi connectivity index (χ0v) is 11.6.